The third-order valence-corrected chi connectivity index (χ3v) is 8.07. The number of benzene rings is 2. The second-order valence-corrected chi connectivity index (χ2v) is 12.3. The van der Waals surface area contributed by atoms with Crippen LogP contribution in [0.5, 0.6) is 0 Å². The highest BCUT2D eigenvalue weighted by Crippen LogP contribution is 2.40. The molecule has 35 heavy (non-hydrogen) atoms. The van der Waals surface area contributed by atoms with Gasteiger partial charge in [-0.25, -0.2) is 0 Å². The van der Waals surface area contributed by atoms with E-state index in [4.69, 9.17) is 0 Å². The first-order valence-electron chi connectivity index (χ1n) is 13.8. The van der Waals surface area contributed by atoms with E-state index in [-0.39, 0.29) is 5.41 Å². The zero-order valence-electron chi connectivity index (χ0n) is 22.1. The molecule has 1 saturated carbocycles. The summed E-state index contributed by atoms with van der Waals surface area (Å²) in [6.45, 7) is 11.5. The molecule has 3 aliphatic carbocycles. The van der Waals surface area contributed by atoms with Crippen molar-refractivity contribution in [2.45, 2.75) is 85.0 Å². The van der Waals surface area contributed by atoms with Gasteiger partial charge < -0.3 is 0 Å². The van der Waals surface area contributed by atoms with Gasteiger partial charge in [-0.05, 0) is 93.5 Å². The molecule has 2 aromatic carbocycles. The Bertz CT molecular complexity index is 1180. The Balaban J connectivity index is 1.29. The van der Waals surface area contributed by atoms with Crippen LogP contribution in [0.25, 0.3) is 11.6 Å². The van der Waals surface area contributed by atoms with Gasteiger partial charge in [-0.3, -0.25) is 0 Å². The molecule has 182 valence electrons. The first kappa shape index (κ1) is 24.1. The summed E-state index contributed by atoms with van der Waals surface area (Å²) >= 11 is 0. The molecule has 0 heteroatoms. The maximum atomic E-state index is 4.56. The monoisotopic (exact) mass is 462 g/mol. The summed E-state index contributed by atoms with van der Waals surface area (Å²) in [5.41, 5.74) is 13.2. The van der Waals surface area contributed by atoms with E-state index in [0.29, 0.717) is 0 Å². The molecular formula is C35H42. The fraction of sp³-hybridized carbons (Fsp3) is 0.429. The van der Waals surface area contributed by atoms with E-state index in [1.54, 1.807) is 0 Å². The van der Waals surface area contributed by atoms with Crippen LogP contribution in [0.3, 0.4) is 0 Å². The smallest absolute Gasteiger partial charge is 0.00137 e. The van der Waals surface area contributed by atoms with Gasteiger partial charge in [-0.2, -0.15) is 0 Å². The number of hydrogen-bond acceptors (Lipinski definition) is 0. The van der Waals surface area contributed by atoms with Crippen molar-refractivity contribution in [3.63, 3.8) is 0 Å². The largest absolute Gasteiger partial charge is 0.0949 e. The quantitative estimate of drug-likeness (QED) is 0.384. The van der Waals surface area contributed by atoms with Crippen LogP contribution >= 0.6 is 0 Å². The third-order valence-electron chi connectivity index (χ3n) is 8.07. The van der Waals surface area contributed by atoms with Gasteiger partial charge in [0.05, 0.1) is 0 Å². The summed E-state index contributed by atoms with van der Waals surface area (Å²) in [5.74, 6) is 0.894. The van der Waals surface area contributed by atoms with E-state index in [1.165, 1.54) is 88.6 Å². The standard InChI is InChI=1S/C35H42/c1-25(33-15-9-8-13-30(33)24-35(2,3)4)19-29-14-10-16-34(29)32-22-28-18-17-27(21-31(28)23-32)20-26-11-6-5-7-12-26/h8-9,13-18,21,23,26H,1,5-7,10-12,19-20,22,24H2,2-4H3. The minimum atomic E-state index is 0.268. The Hall–Kier alpha value is -2.60. The van der Waals surface area contributed by atoms with Crippen molar-refractivity contribution in [2.75, 3.05) is 0 Å². The highest BCUT2D eigenvalue weighted by molar-refractivity contribution is 5.75. The summed E-state index contributed by atoms with van der Waals surface area (Å²) < 4.78 is 0. The van der Waals surface area contributed by atoms with Crippen LogP contribution in [0.1, 0.15) is 93.5 Å². The van der Waals surface area contributed by atoms with E-state index in [9.17, 15) is 0 Å². The zero-order valence-corrected chi connectivity index (χ0v) is 22.1. The second-order valence-electron chi connectivity index (χ2n) is 12.3. The number of allylic oxidation sites excluding steroid dienone is 6. The minimum Gasteiger partial charge on any atom is -0.0949 e. The number of rotatable bonds is 7. The average molecular weight is 463 g/mol. The molecule has 0 nitrogen and oxygen atoms in total. The molecule has 0 bridgehead atoms. The van der Waals surface area contributed by atoms with Crippen LogP contribution in [0.2, 0.25) is 0 Å². The normalized spacial score (nSPS) is 18.2. The summed E-state index contributed by atoms with van der Waals surface area (Å²) in [5, 5.41) is 0. The maximum Gasteiger partial charge on any atom is -0.00137 e. The van der Waals surface area contributed by atoms with E-state index < -0.39 is 0 Å². The Morgan fingerprint density at radius 2 is 1.77 bits per heavy atom. The molecule has 0 unspecified atom stereocenters. The number of fused-ring (bicyclic) bond motifs is 1. The molecule has 3 aliphatic rings. The van der Waals surface area contributed by atoms with Gasteiger partial charge in [0, 0.05) is 0 Å². The van der Waals surface area contributed by atoms with Gasteiger partial charge in [0.2, 0.25) is 0 Å². The molecule has 2 aromatic rings. The molecule has 0 radical (unpaired) electrons. The highest BCUT2D eigenvalue weighted by Gasteiger charge is 2.23. The van der Waals surface area contributed by atoms with Crippen molar-refractivity contribution in [3.8, 4) is 0 Å². The zero-order chi connectivity index (χ0) is 24.4. The molecule has 0 N–H and O–H groups in total. The molecule has 0 aliphatic heterocycles. The van der Waals surface area contributed by atoms with Crippen LogP contribution < -0.4 is 0 Å². The van der Waals surface area contributed by atoms with Crippen LogP contribution in [-0.2, 0) is 19.3 Å². The first-order valence-corrected chi connectivity index (χ1v) is 13.8. The molecule has 0 saturated heterocycles. The first-order chi connectivity index (χ1) is 16.9. The lowest BCUT2D eigenvalue weighted by atomic mass is 9.83. The van der Waals surface area contributed by atoms with E-state index in [1.807, 2.05) is 0 Å². The molecule has 0 spiro atoms. The Morgan fingerprint density at radius 3 is 2.57 bits per heavy atom. The highest BCUT2D eigenvalue weighted by atomic mass is 14.3. The predicted molar refractivity (Wildman–Crippen MR) is 152 cm³/mol. The molecule has 0 aromatic heterocycles. The Labute approximate surface area is 213 Å². The van der Waals surface area contributed by atoms with Crippen molar-refractivity contribution in [1.29, 1.82) is 0 Å². The van der Waals surface area contributed by atoms with Crippen LogP contribution in [0.4, 0.5) is 0 Å². The fourth-order valence-electron chi connectivity index (χ4n) is 6.39. The molecule has 5 rings (SSSR count). The lowest BCUT2D eigenvalue weighted by Gasteiger charge is -2.22. The van der Waals surface area contributed by atoms with Gasteiger partial charge in [-0.1, -0.05) is 120 Å². The van der Waals surface area contributed by atoms with Gasteiger partial charge in [0.1, 0.15) is 0 Å². The second kappa shape index (κ2) is 10.2. The molecule has 0 heterocycles. The van der Waals surface area contributed by atoms with Crippen molar-refractivity contribution < 1.29 is 0 Å². The topological polar surface area (TPSA) is 0 Å². The summed E-state index contributed by atoms with van der Waals surface area (Å²) in [7, 11) is 0. The predicted octanol–water partition coefficient (Wildman–Crippen LogP) is 9.70. The Kier molecular flexibility index (Phi) is 7.01. The van der Waals surface area contributed by atoms with Crippen molar-refractivity contribution >= 4 is 11.6 Å². The van der Waals surface area contributed by atoms with Crippen LogP contribution in [0.15, 0.2) is 77.9 Å². The van der Waals surface area contributed by atoms with Gasteiger partial charge in [0.15, 0.2) is 0 Å². The van der Waals surface area contributed by atoms with Crippen LogP contribution in [-0.4, -0.2) is 0 Å². The van der Waals surface area contributed by atoms with Gasteiger partial charge >= 0.3 is 0 Å². The van der Waals surface area contributed by atoms with Gasteiger partial charge in [-0.15, -0.1) is 0 Å². The van der Waals surface area contributed by atoms with Crippen molar-refractivity contribution in [1.82, 2.24) is 0 Å². The lowest BCUT2D eigenvalue weighted by molar-refractivity contribution is 0.356. The lowest BCUT2D eigenvalue weighted by Crippen LogP contribution is -2.10. The summed E-state index contributed by atoms with van der Waals surface area (Å²) in [4.78, 5) is 0. The molecular weight excluding hydrogens is 420 g/mol. The van der Waals surface area contributed by atoms with E-state index in [2.05, 4.69) is 88.0 Å². The van der Waals surface area contributed by atoms with Gasteiger partial charge in [0.25, 0.3) is 0 Å². The molecule has 0 amide bonds. The van der Waals surface area contributed by atoms with E-state index >= 15 is 0 Å². The molecule has 0 atom stereocenters. The number of hydrogen-bond donors (Lipinski definition) is 0. The van der Waals surface area contributed by atoms with E-state index in [0.717, 1.165) is 31.6 Å². The Morgan fingerprint density at radius 1 is 0.971 bits per heavy atom. The van der Waals surface area contributed by atoms with Crippen LogP contribution in [0, 0.1) is 11.3 Å². The third kappa shape index (κ3) is 5.80. The van der Waals surface area contributed by atoms with Crippen molar-refractivity contribution in [2.24, 2.45) is 11.3 Å². The van der Waals surface area contributed by atoms with Crippen molar-refractivity contribution in [3.05, 3.63) is 106 Å². The summed E-state index contributed by atoms with van der Waals surface area (Å²) in [6.07, 6.45) is 19.8. The maximum absolute atomic E-state index is 4.56. The summed E-state index contributed by atoms with van der Waals surface area (Å²) in [6, 6.07) is 16.2. The molecule has 1 fully saturated rings. The SMILES string of the molecule is C=C(CC1=CCC=C1C1=Cc2cc(CC3CCCCC3)ccc2C1)c1ccccc1CC(C)(C)C. The average Bonchev–Trinajstić information content (AvgIpc) is 3.45. The minimum absolute atomic E-state index is 0.268. The fourth-order valence-corrected chi connectivity index (χ4v) is 6.39.